The van der Waals surface area contributed by atoms with Crippen LogP contribution in [0.5, 0.6) is 0 Å². The Balaban J connectivity index is 0.00000216. The molecule has 198 valence electrons. The topological polar surface area (TPSA) is 85.8 Å². The highest BCUT2D eigenvalue weighted by Gasteiger charge is 2.54. The van der Waals surface area contributed by atoms with E-state index in [0.29, 0.717) is 43.8 Å². The minimum absolute atomic E-state index is 0. The number of nitrogens with zero attached hydrogens (tertiary/aromatic N) is 3. The molecule has 1 saturated carbocycles. The van der Waals surface area contributed by atoms with Crippen molar-refractivity contribution in [1.82, 2.24) is 20.1 Å². The van der Waals surface area contributed by atoms with Gasteiger partial charge in [-0.25, -0.2) is 4.98 Å². The van der Waals surface area contributed by atoms with Gasteiger partial charge in [0.25, 0.3) is 0 Å². The van der Waals surface area contributed by atoms with Crippen molar-refractivity contribution in [3.8, 4) is 0 Å². The molecular formula is C25H39Cl3N4O3. The summed E-state index contributed by atoms with van der Waals surface area (Å²) in [6, 6.07) is 3.15. The lowest BCUT2D eigenvalue weighted by Gasteiger charge is -2.52. The van der Waals surface area contributed by atoms with Crippen molar-refractivity contribution in [1.29, 1.82) is 0 Å². The zero-order valence-corrected chi connectivity index (χ0v) is 22.9. The zero-order valence-electron chi connectivity index (χ0n) is 20.5. The molecule has 3 aliphatic rings. The fraction of sp³-hybridized carbons (Fsp3) is 0.720. The first-order valence-electron chi connectivity index (χ1n) is 12.5. The molecule has 10 heteroatoms. The lowest BCUT2D eigenvalue weighted by Crippen LogP contribution is -2.73. The van der Waals surface area contributed by atoms with Crippen LogP contribution in [0, 0.1) is 0 Å². The van der Waals surface area contributed by atoms with Crippen molar-refractivity contribution in [2.75, 3.05) is 19.6 Å². The lowest BCUT2D eigenvalue weighted by molar-refractivity contribution is -0.163. The van der Waals surface area contributed by atoms with Crippen molar-refractivity contribution in [3.63, 3.8) is 0 Å². The number of piperazine rings is 1. The van der Waals surface area contributed by atoms with Gasteiger partial charge in [-0.1, -0.05) is 50.3 Å². The molecule has 35 heavy (non-hydrogen) atoms. The molecule has 1 aromatic rings. The summed E-state index contributed by atoms with van der Waals surface area (Å²) < 4.78 is 0. The smallest absolute Gasteiger partial charge is 0.246 e. The third-order valence-corrected chi connectivity index (χ3v) is 8.01. The second-order valence-electron chi connectivity index (χ2n) is 10.2. The number of hydrogen-bond donors (Lipinski definition) is 2. The number of rotatable bonds is 7. The van der Waals surface area contributed by atoms with E-state index in [4.69, 9.17) is 11.6 Å². The van der Waals surface area contributed by atoms with Crippen LogP contribution in [-0.4, -0.2) is 68.5 Å². The van der Waals surface area contributed by atoms with Crippen molar-refractivity contribution in [2.24, 2.45) is 0 Å². The summed E-state index contributed by atoms with van der Waals surface area (Å²) in [5, 5.41) is 14.6. The molecule has 2 amide bonds. The summed E-state index contributed by atoms with van der Waals surface area (Å²) in [6.07, 6.45) is 9.69. The van der Waals surface area contributed by atoms with Gasteiger partial charge in [-0.2, -0.15) is 0 Å². The molecule has 1 spiro atoms. The van der Waals surface area contributed by atoms with E-state index in [-0.39, 0.29) is 36.6 Å². The maximum Gasteiger partial charge on any atom is 0.246 e. The molecule has 0 radical (unpaired) electrons. The van der Waals surface area contributed by atoms with Gasteiger partial charge in [0.15, 0.2) is 0 Å². The number of unbranched alkanes of at least 4 members (excludes halogenated alkanes) is 1. The summed E-state index contributed by atoms with van der Waals surface area (Å²) in [7, 11) is 0. The van der Waals surface area contributed by atoms with Gasteiger partial charge in [0.05, 0.1) is 5.60 Å². The Morgan fingerprint density at radius 3 is 2.40 bits per heavy atom. The predicted octanol–water partition coefficient (Wildman–Crippen LogP) is 4.13. The minimum Gasteiger partial charge on any atom is -0.390 e. The van der Waals surface area contributed by atoms with E-state index in [1.54, 1.807) is 12.3 Å². The molecule has 0 bridgehead atoms. The van der Waals surface area contributed by atoms with Crippen LogP contribution < -0.4 is 5.32 Å². The number of amides is 2. The van der Waals surface area contributed by atoms with Crippen LogP contribution in [-0.2, 0) is 16.1 Å². The van der Waals surface area contributed by atoms with Crippen LogP contribution in [0.2, 0.25) is 5.15 Å². The van der Waals surface area contributed by atoms with Crippen molar-refractivity contribution in [2.45, 2.75) is 94.9 Å². The molecule has 1 aromatic heterocycles. The quantitative estimate of drug-likeness (QED) is 0.500. The van der Waals surface area contributed by atoms with E-state index < -0.39 is 17.2 Å². The van der Waals surface area contributed by atoms with Gasteiger partial charge >= 0.3 is 0 Å². The molecule has 1 aliphatic carbocycles. The number of likely N-dealkylation sites (tertiary alicyclic amines) is 1. The van der Waals surface area contributed by atoms with E-state index in [1.165, 1.54) is 0 Å². The van der Waals surface area contributed by atoms with E-state index in [0.717, 1.165) is 57.3 Å². The van der Waals surface area contributed by atoms with Crippen LogP contribution >= 0.6 is 36.4 Å². The van der Waals surface area contributed by atoms with Crippen molar-refractivity contribution in [3.05, 3.63) is 29.0 Å². The minimum atomic E-state index is -0.844. The Bertz CT molecular complexity index is 841. The van der Waals surface area contributed by atoms with Gasteiger partial charge in [0.1, 0.15) is 16.7 Å². The number of aromatic nitrogens is 1. The summed E-state index contributed by atoms with van der Waals surface area (Å²) in [6.45, 7) is 4.92. The number of carbonyl (C=O) groups is 2. The average Bonchev–Trinajstić information content (AvgIpc) is 2.81. The van der Waals surface area contributed by atoms with E-state index in [9.17, 15) is 14.7 Å². The Morgan fingerprint density at radius 1 is 1.11 bits per heavy atom. The van der Waals surface area contributed by atoms with Crippen molar-refractivity contribution >= 4 is 48.2 Å². The first-order chi connectivity index (χ1) is 15.8. The third kappa shape index (κ3) is 6.80. The van der Waals surface area contributed by atoms with E-state index in [1.807, 2.05) is 11.0 Å². The molecule has 3 fully saturated rings. The van der Waals surface area contributed by atoms with Crippen LogP contribution in [0.3, 0.4) is 0 Å². The standard InChI is InChI=1S/C25H37ClN4O3.2ClH/c1-2-3-13-30-22(31)20(16-24(33)9-5-4-6-10-24)28-23(32)25(30)11-14-29(15-12-25)18-19-7-8-21(26)27-17-19;;/h7-8,17,20,33H,2-6,9-16,18H2,1H3,(H,28,32);2*1H/t20-;;/m1../s1. The molecular weight excluding hydrogens is 511 g/mol. The maximum absolute atomic E-state index is 13.6. The Labute approximate surface area is 226 Å². The number of aliphatic hydroxyl groups is 1. The number of carbonyl (C=O) groups excluding carboxylic acids is 2. The van der Waals surface area contributed by atoms with Gasteiger partial charge in [-0.05, 0) is 43.7 Å². The highest BCUT2D eigenvalue weighted by atomic mass is 35.5. The summed E-state index contributed by atoms with van der Waals surface area (Å²) >= 11 is 5.90. The van der Waals surface area contributed by atoms with Crippen molar-refractivity contribution < 1.29 is 14.7 Å². The fourth-order valence-electron chi connectivity index (χ4n) is 5.78. The third-order valence-electron chi connectivity index (χ3n) is 7.79. The highest BCUT2D eigenvalue weighted by molar-refractivity contribution is 6.29. The first kappa shape index (κ1) is 30.1. The van der Waals surface area contributed by atoms with Crippen LogP contribution in [0.4, 0.5) is 0 Å². The van der Waals surface area contributed by atoms with Crippen LogP contribution in [0.1, 0.15) is 76.7 Å². The van der Waals surface area contributed by atoms with Gasteiger partial charge in [-0.15, -0.1) is 24.8 Å². The summed E-state index contributed by atoms with van der Waals surface area (Å²) in [5.74, 6) is -0.0622. The number of hydrogen-bond acceptors (Lipinski definition) is 5. The number of halogens is 3. The van der Waals surface area contributed by atoms with Gasteiger partial charge in [-0.3, -0.25) is 14.5 Å². The van der Waals surface area contributed by atoms with E-state index >= 15 is 0 Å². The Morgan fingerprint density at radius 2 is 1.80 bits per heavy atom. The van der Waals surface area contributed by atoms with Crippen LogP contribution in [0.25, 0.3) is 0 Å². The molecule has 2 aliphatic heterocycles. The molecule has 1 atom stereocenters. The SMILES string of the molecule is CCCCN1C(=O)[C@@H](CC2(O)CCCCC2)NC(=O)C12CCN(Cc1ccc(Cl)nc1)CC2.Cl.Cl. The molecule has 0 aromatic carbocycles. The van der Waals surface area contributed by atoms with Gasteiger partial charge in [0.2, 0.25) is 11.8 Å². The lowest BCUT2D eigenvalue weighted by atomic mass is 9.77. The van der Waals surface area contributed by atoms with Gasteiger partial charge < -0.3 is 15.3 Å². The molecule has 3 heterocycles. The normalized spacial score (nSPS) is 23.9. The monoisotopic (exact) mass is 548 g/mol. The molecule has 4 rings (SSSR count). The van der Waals surface area contributed by atoms with Gasteiger partial charge in [0, 0.05) is 38.8 Å². The first-order valence-corrected chi connectivity index (χ1v) is 12.9. The Hall–Kier alpha value is -1.12. The average molecular weight is 550 g/mol. The zero-order chi connectivity index (χ0) is 23.5. The van der Waals surface area contributed by atoms with E-state index in [2.05, 4.69) is 22.1 Å². The largest absolute Gasteiger partial charge is 0.390 e. The molecule has 7 nitrogen and oxygen atoms in total. The molecule has 2 N–H and O–H groups in total. The maximum atomic E-state index is 13.6. The molecule has 2 saturated heterocycles. The predicted molar refractivity (Wildman–Crippen MR) is 142 cm³/mol. The Kier molecular flexibility index (Phi) is 11.1. The number of nitrogens with one attached hydrogen (secondary N) is 1. The number of piperidine rings is 1. The second kappa shape index (κ2) is 12.9. The highest BCUT2D eigenvalue weighted by Crippen LogP contribution is 2.37. The fourth-order valence-corrected chi connectivity index (χ4v) is 5.90. The van der Waals surface area contributed by atoms with Crippen LogP contribution in [0.15, 0.2) is 18.3 Å². The number of pyridine rings is 1. The summed E-state index contributed by atoms with van der Waals surface area (Å²) in [5.41, 5.74) is -0.543. The molecule has 0 unspecified atom stereocenters. The second-order valence-corrected chi connectivity index (χ2v) is 10.5. The summed E-state index contributed by atoms with van der Waals surface area (Å²) in [4.78, 5) is 35.5.